The molecule has 0 radical (unpaired) electrons. The number of morpholine rings is 1. The number of rotatable bonds is 10. The number of aliphatic imine (C=N–C) groups is 1. The lowest BCUT2D eigenvalue weighted by atomic mass is 10.2. The lowest BCUT2D eigenvalue weighted by Crippen LogP contribution is -2.38. The fourth-order valence-corrected chi connectivity index (χ4v) is 3.24. The van der Waals surface area contributed by atoms with Gasteiger partial charge in [-0.2, -0.15) is 15.0 Å². The third-order valence-electron chi connectivity index (χ3n) is 4.95. The summed E-state index contributed by atoms with van der Waals surface area (Å²) in [6.45, 7) is 13.0. The Morgan fingerprint density at radius 1 is 1.17 bits per heavy atom. The smallest absolute Gasteiger partial charge is 0.321 e. The van der Waals surface area contributed by atoms with E-state index in [0.29, 0.717) is 30.9 Å². The van der Waals surface area contributed by atoms with E-state index < -0.39 is 0 Å². The second-order valence-electron chi connectivity index (χ2n) is 7.19. The van der Waals surface area contributed by atoms with Crippen molar-refractivity contribution in [2.75, 3.05) is 57.4 Å². The first kappa shape index (κ1) is 22.1. The summed E-state index contributed by atoms with van der Waals surface area (Å²) < 4.78 is 11.3. The second-order valence-corrected chi connectivity index (χ2v) is 7.19. The summed E-state index contributed by atoms with van der Waals surface area (Å²) in [5, 5.41) is 0. The molecule has 0 bridgehead atoms. The first-order valence-electron chi connectivity index (χ1n) is 10.7. The van der Waals surface area contributed by atoms with Crippen LogP contribution in [-0.2, 0) is 11.3 Å². The van der Waals surface area contributed by atoms with Gasteiger partial charge >= 0.3 is 6.01 Å². The second kappa shape index (κ2) is 11.6. The van der Waals surface area contributed by atoms with Crippen molar-refractivity contribution in [3.63, 3.8) is 0 Å². The van der Waals surface area contributed by atoms with Crippen molar-refractivity contribution in [2.24, 2.45) is 4.99 Å². The molecular formula is C22H32N6O2. The van der Waals surface area contributed by atoms with Gasteiger partial charge in [-0.25, -0.2) is 0 Å². The maximum Gasteiger partial charge on any atom is 0.321 e. The molecule has 8 nitrogen and oxygen atoms in total. The number of nitrogens with zero attached hydrogens (tertiary/aromatic N) is 6. The van der Waals surface area contributed by atoms with Crippen LogP contribution in [0.2, 0.25) is 0 Å². The van der Waals surface area contributed by atoms with Crippen molar-refractivity contribution in [1.29, 1.82) is 0 Å². The molecule has 1 fully saturated rings. The Bertz CT molecular complexity index is 819. The average molecular weight is 413 g/mol. The molecule has 30 heavy (non-hydrogen) atoms. The summed E-state index contributed by atoms with van der Waals surface area (Å²) in [5.74, 6) is 1.24. The van der Waals surface area contributed by atoms with Gasteiger partial charge in [0.05, 0.1) is 19.8 Å². The monoisotopic (exact) mass is 412 g/mol. The highest BCUT2D eigenvalue weighted by atomic mass is 16.5. The van der Waals surface area contributed by atoms with E-state index in [2.05, 4.69) is 62.6 Å². The van der Waals surface area contributed by atoms with Gasteiger partial charge in [0.25, 0.3) is 0 Å². The maximum atomic E-state index is 5.89. The minimum atomic E-state index is 0.362. The molecule has 1 aliphatic rings. The fourth-order valence-electron chi connectivity index (χ4n) is 3.24. The van der Waals surface area contributed by atoms with Crippen LogP contribution in [0.4, 0.5) is 5.95 Å². The predicted molar refractivity (Wildman–Crippen MR) is 119 cm³/mol. The molecular weight excluding hydrogens is 380 g/mol. The zero-order valence-corrected chi connectivity index (χ0v) is 18.3. The topological polar surface area (TPSA) is 76.0 Å². The van der Waals surface area contributed by atoms with Crippen molar-refractivity contribution in [2.45, 2.75) is 27.3 Å². The zero-order valence-electron chi connectivity index (χ0n) is 18.3. The Morgan fingerprint density at radius 2 is 1.97 bits per heavy atom. The van der Waals surface area contributed by atoms with E-state index in [-0.39, 0.29) is 0 Å². The van der Waals surface area contributed by atoms with Gasteiger partial charge in [0.2, 0.25) is 5.95 Å². The van der Waals surface area contributed by atoms with Gasteiger partial charge in [-0.05, 0) is 26.3 Å². The van der Waals surface area contributed by atoms with E-state index >= 15 is 0 Å². The highest BCUT2D eigenvalue weighted by Gasteiger charge is 2.14. The largest absolute Gasteiger partial charge is 0.462 e. The van der Waals surface area contributed by atoms with Crippen LogP contribution < -0.4 is 9.64 Å². The lowest BCUT2D eigenvalue weighted by molar-refractivity contribution is 0.0317. The molecule has 8 heteroatoms. The molecule has 1 aromatic carbocycles. The van der Waals surface area contributed by atoms with Crippen LogP contribution in [0.25, 0.3) is 0 Å². The van der Waals surface area contributed by atoms with Crippen LogP contribution in [-0.4, -0.2) is 78.6 Å². The van der Waals surface area contributed by atoms with E-state index in [1.807, 2.05) is 18.3 Å². The van der Waals surface area contributed by atoms with Crippen molar-refractivity contribution >= 4 is 12.2 Å². The van der Waals surface area contributed by atoms with Gasteiger partial charge < -0.3 is 14.4 Å². The van der Waals surface area contributed by atoms with E-state index in [0.717, 1.165) is 51.5 Å². The minimum absolute atomic E-state index is 0.362. The third-order valence-corrected chi connectivity index (χ3v) is 4.95. The van der Waals surface area contributed by atoms with Crippen LogP contribution in [0.3, 0.4) is 0 Å². The van der Waals surface area contributed by atoms with Gasteiger partial charge in [-0.1, -0.05) is 29.8 Å². The van der Waals surface area contributed by atoms with E-state index in [1.54, 1.807) is 0 Å². The Hall–Kier alpha value is -2.58. The molecule has 0 unspecified atom stereocenters. The molecule has 0 saturated carbocycles. The van der Waals surface area contributed by atoms with Crippen LogP contribution in [0.15, 0.2) is 29.3 Å². The number of aromatic nitrogens is 3. The molecule has 2 aromatic rings. The summed E-state index contributed by atoms with van der Waals surface area (Å²) in [5.41, 5.74) is 2.27. The van der Waals surface area contributed by atoms with Crippen molar-refractivity contribution in [1.82, 2.24) is 19.9 Å². The third kappa shape index (κ3) is 6.74. The Kier molecular flexibility index (Phi) is 8.53. The molecule has 1 aliphatic heterocycles. The van der Waals surface area contributed by atoms with Crippen LogP contribution in [0.5, 0.6) is 6.01 Å². The molecule has 2 heterocycles. The first-order valence-corrected chi connectivity index (χ1v) is 10.7. The van der Waals surface area contributed by atoms with Crippen molar-refractivity contribution in [3.8, 4) is 6.01 Å². The minimum Gasteiger partial charge on any atom is -0.462 e. The quantitative estimate of drug-likeness (QED) is 0.555. The summed E-state index contributed by atoms with van der Waals surface area (Å²) in [6, 6.07) is 8.59. The molecule has 3 rings (SSSR count). The summed E-state index contributed by atoms with van der Waals surface area (Å²) >= 11 is 0. The average Bonchev–Trinajstić information content (AvgIpc) is 2.75. The molecule has 0 amide bonds. The van der Waals surface area contributed by atoms with E-state index in [9.17, 15) is 0 Å². The highest BCUT2D eigenvalue weighted by molar-refractivity contribution is 5.79. The van der Waals surface area contributed by atoms with Gasteiger partial charge in [0.1, 0.15) is 6.61 Å². The maximum absolute atomic E-state index is 5.89. The van der Waals surface area contributed by atoms with Crippen LogP contribution in [0.1, 0.15) is 30.8 Å². The van der Waals surface area contributed by atoms with Crippen molar-refractivity contribution in [3.05, 3.63) is 41.2 Å². The summed E-state index contributed by atoms with van der Waals surface area (Å²) in [4.78, 5) is 22.6. The van der Waals surface area contributed by atoms with E-state index in [1.165, 1.54) is 5.56 Å². The Morgan fingerprint density at radius 3 is 2.70 bits per heavy atom. The predicted octanol–water partition coefficient (Wildman–Crippen LogP) is 2.36. The summed E-state index contributed by atoms with van der Waals surface area (Å²) in [6.07, 6.45) is 1.85. The molecule has 1 aromatic heterocycles. The molecule has 0 N–H and O–H groups in total. The number of hydrogen-bond acceptors (Lipinski definition) is 8. The number of hydrogen-bond donors (Lipinski definition) is 0. The number of anilines is 1. The number of ether oxygens (including phenoxy) is 2. The van der Waals surface area contributed by atoms with Gasteiger partial charge in [0, 0.05) is 38.9 Å². The van der Waals surface area contributed by atoms with Crippen LogP contribution in [0, 0.1) is 6.92 Å². The lowest BCUT2D eigenvalue weighted by Gasteiger charge is -2.26. The summed E-state index contributed by atoms with van der Waals surface area (Å²) in [7, 11) is 0. The number of benzene rings is 1. The number of aryl methyl sites for hydroxylation is 1. The molecule has 0 atom stereocenters. The normalized spacial score (nSPS) is 14.9. The van der Waals surface area contributed by atoms with Crippen LogP contribution >= 0.6 is 0 Å². The molecule has 162 valence electrons. The van der Waals surface area contributed by atoms with Gasteiger partial charge in [0.15, 0.2) is 5.82 Å². The van der Waals surface area contributed by atoms with Gasteiger partial charge in [-0.15, -0.1) is 0 Å². The zero-order chi connectivity index (χ0) is 21.2. The van der Waals surface area contributed by atoms with E-state index in [4.69, 9.17) is 9.47 Å². The van der Waals surface area contributed by atoms with Crippen molar-refractivity contribution < 1.29 is 9.47 Å². The Labute approximate surface area is 179 Å². The molecule has 0 aliphatic carbocycles. The molecule has 1 saturated heterocycles. The Balaban J connectivity index is 1.67. The SMILES string of the molecule is CCN(CC)c1nc(CN=Cc2cccc(C)c2)nc(OCCN2CCOCC2)n1. The highest BCUT2D eigenvalue weighted by Crippen LogP contribution is 2.13. The fraction of sp³-hybridized carbons (Fsp3) is 0.545. The van der Waals surface area contributed by atoms with Gasteiger partial charge in [-0.3, -0.25) is 9.89 Å². The first-order chi connectivity index (χ1) is 14.7. The standard InChI is InChI=1S/C22H32N6O2/c1-4-28(5-2)21-24-20(17-23-16-19-8-6-7-18(3)15-19)25-22(26-21)30-14-11-27-9-12-29-13-10-27/h6-8,15-16H,4-5,9-14,17H2,1-3H3. The molecule has 0 spiro atoms.